The van der Waals surface area contributed by atoms with Crippen LogP contribution in [0.25, 0.3) is 56.0 Å². The van der Waals surface area contributed by atoms with Gasteiger partial charge in [-0.1, -0.05) is 133 Å². The predicted molar refractivity (Wildman–Crippen MR) is 173 cm³/mol. The lowest BCUT2D eigenvalue weighted by molar-refractivity contribution is 0.547. The lowest BCUT2D eigenvalue weighted by Crippen LogP contribution is -2.09. The number of fused-ring (bicyclic) bond motifs is 3. The Bertz CT molecular complexity index is 2100. The van der Waals surface area contributed by atoms with Gasteiger partial charge in [-0.3, -0.25) is 0 Å². The molecule has 0 fully saturated rings. The van der Waals surface area contributed by atoms with Crippen LogP contribution in [-0.2, 0) is 6.42 Å². The number of furan rings is 1. The first-order valence-corrected chi connectivity index (χ1v) is 14.6. The fraction of sp³-hybridized carbons (Fsp3) is 0.0513. The topological polar surface area (TPSA) is 51.8 Å². The minimum atomic E-state index is 0.642. The highest BCUT2D eigenvalue weighted by Crippen LogP contribution is 2.44. The lowest BCUT2D eigenvalue weighted by Gasteiger charge is -2.21. The molecule has 43 heavy (non-hydrogen) atoms. The summed E-state index contributed by atoms with van der Waals surface area (Å²) in [7, 11) is 0. The van der Waals surface area contributed by atoms with Crippen molar-refractivity contribution in [1.29, 1.82) is 0 Å². The number of hydrogen-bond acceptors (Lipinski definition) is 4. The van der Waals surface area contributed by atoms with Crippen molar-refractivity contribution >= 4 is 22.1 Å². The molecule has 4 heteroatoms. The molecule has 1 aliphatic rings. The van der Waals surface area contributed by atoms with Crippen molar-refractivity contribution < 1.29 is 4.42 Å². The number of hydrogen-bond donors (Lipinski definition) is 0. The summed E-state index contributed by atoms with van der Waals surface area (Å²) in [6, 6.07) is 47.8. The Morgan fingerprint density at radius 3 is 1.58 bits per heavy atom. The van der Waals surface area contributed by atoms with Crippen molar-refractivity contribution in [2.24, 2.45) is 0 Å². The minimum Gasteiger partial charge on any atom is -0.460 e. The first kappa shape index (κ1) is 25.1. The molecule has 0 atom stereocenters. The Hall–Kier alpha value is -5.61. The predicted octanol–water partition coefficient (Wildman–Crippen LogP) is 9.52. The van der Waals surface area contributed by atoms with E-state index < -0.39 is 0 Å². The van der Waals surface area contributed by atoms with Crippen molar-refractivity contribution in [1.82, 2.24) is 15.0 Å². The summed E-state index contributed by atoms with van der Waals surface area (Å²) in [5.74, 6) is 2.92. The summed E-state index contributed by atoms with van der Waals surface area (Å²) in [6.45, 7) is 0. The SMILES string of the molecule is c1ccc(C2=C(c3nc(-c4ccccc4)nc(-c4ccc(-c5ccccc5)cc4)n3)c3c(oc4ccccc34)CC2)cc1. The molecule has 0 saturated carbocycles. The molecule has 0 amide bonds. The Kier molecular flexibility index (Phi) is 6.23. The molecule has 5 aromatic carbocycles. The van der Waals surface area contributed by atoms with Crippen LogP contribution >= 0.6 is 0 Å². The van der Waals surface area contributed by atoms with Crippen molar-refractivity contribution in [3.05, 3.63) is 162 Å². The Labute approximate surface area is 250 Å². The molecule has 4 nitrogen and oxygen atoms in total. The van der Waals surface area contributed by atoms with Gasteiger partial charge in [0, 0.05) is 34.1 Å². The fourth-order valence-electron chi connectivity index (χ4n) is 6.01. The zero-order valence-corrected chi connectivity index (χ0v) is 23.4. The number of rotatable bonds is 5. The highest BCUT2D eigenvalue weighted by atomic mass is 16.3. The third kappa shape index (κ3) is 4.63. The largest absolute Gasteiger partial charge is 0.460 e. The monoisotopic (exact) mass is 553 g/mol. The van der Waals surface area contributed by atoms with Gasteiger partial charge in [-0.25, -0.2) is 15.0 Å². The molecule has 204 valence electrons. The molecule has 8 rings (SSSR count). The Balaban J connectivity index is 1.37. The maximum absolute atomic E-state index is 6.41. The fourth-order valence-corrected chi connectivity index (χ4v) is 6.01. The van der Waals surface area contributed by atoms with Gasteiger partial charge in [0.05, 0.1) is 0 Å². The summed E-state index contributed by atoms with van der Waals surface area (Å²) in [4.78, 5) is 15.4. The third-order valence-electron chi connectivity index (χ3n) is 8.09. The summed E-state index contributed by atoms with van der Waals surface area (Å²) < 4.78 is 6.41. The van der Waals surface area contributed by atoms with E-state index in [1.165, 1.54) is 16.7 Å². The average Bonchev–Trinajstić information content (AvgIpc) is 3.48. The van der Waals surface area contributed by atoms with Gasteiger partial charge in [-0.05, 0) is 34.8 Å². The van der Waals surface area contributed by atoms with Gasteiger partial charge >= 0.3 is 0 Å². The van der Waals surface area contributed by atoms with Crippen LogP contribution in [0.5, 0.6) is 0 Å². The second-order valence-electron chi connectivity index (χ2n) is 10.7. The molecule has 0 N–H and O–H groups in total. The van der Waals surface area contributed by atoms with E-state index in [9.17, 15) is 0 Å². The number of aryl methyl sites for hydroxylation is 1. The first-order valence-electron chi connectivity index (χ1n) is 14.6. The summed E-state index contributed by atoms with van der Waals surface area (Å²) in [5.41, 5.74) is 9.58. The summed E-state index contributed by atoms with van der Waals surface area (Å²) in [6.07, 6.45) is 1.65. The lowest BCUT2D eigenvalue weighted by atomic mass is 9.84. The third-order valence-corrected chi connectivity index (χ3v) is 8.09. The highest BCUT2D eigenvalue weighted by molar-refractivity contribution is 6.06. The van der Waals surface area contributed by atoms with E-state index in [2.05, 4.69) is 91.0 Å². The van der Waals surface area contributed by atoms with E-state index in [1.807, 2.05) is 48.5 Å². The van der Waals surface area contributed by atoms with Crippen molar-refractivity contribution in [3.8, 4) is 33.9 Å². The molecular formula is C39H27N3O. The molecule has 7 aromatic rings. The maximum Gasteiger partial charge on any atom is 0.165 e. The summed E-state index contributed by atoms with van der Waals surface area (Å²) >= 11 is 0. The van der Waals surface area contributed by atoms with E-state index in [0.717, 1.165) is 57.4 Å². The molecule has 0 bridgehead atoms. The number of aromatic nitrogens is 3. The van der Waals surface area contributed by atoms with E-state index in [0.29, 0.717) is 17.5 Å². The van der Waals surface area contributed by atoms with Gasteiger partial charge in [-0.15, -0.1) is 0 Å². The van der Waals surface area contributed by atoms with Crippen molar-refractivity contribution in [2.75, 3.05) is 0 Å². The van der Waals surface area contributed by atoms with Gasteiger partial charge in [0.25, 0.3) is 0 Å². The standard InChI is InChI=1S/C39H27N3O/c1-4-12-26(13-5-1)27-20-22-30(23-21-27)38-40-37(29-16-8-3-9-17-29)41-39(42-38)36-31(28-14-6-2-7-15-28)24-25-34-35(36)32-18-10-11-19-33(32)43-34/h1-23H,24-25H2. The van der Waals surface area contributed by atoms with Crippen LogP contribution in [0.15, 0.2) is 144 Å². The first-order chi connectivity index (χ1) is 21.3. The Morgan fingerprint density at radius 2 is 0.907 bits per heavy atom. The van der Waals surface area contributed by atoms with Crippen LogP contribution in [0.1, 0.15) is 29.1 Å². The van der Waals surface area contributed by atoms with Crippen LogP contribution in [0.4, 0.5) is 0 Å². The van der Waals surface area contributed by atoms with Crippen LogP contribution in [0.2, 0.25) is 0 Å². The molecule has 0 saturated heterocycles. The number of para-hydroxylation sites is 1. The zero-order valence-electron chi connectivity index (χ0n) is 23.4. The summed E-state index contributed by atoms with van der Waals surface area (Å²) in [5, 5.41) is 1.08. The number of nitrogens with zero attached hydrogens (tertiary/aromatic N) is 3. The van der Waals surface area contributed by atoms with E-state index in [4.69, 9.17) is 19.4 Å². The van der Waals surface area contributed by atoms with E-state index in [1.54, 1.807) is 0 Å². The Morgan fingerprint density at radius 1 is 0.419 bits per heavy atom. The van der Waals surface area contributed by atoms with Crippen molar-refractivity contribution in [2.45, 2.75) is 12.8 Å². The van der Waals surface area contributed by atoms with Crippen LogP contribution in [0, 0.1) is 0 Å². The molecule has 1 aliphatic carbocycles. The van der Waals surface area contributed by atoms with Crippen LogP contribution < -0.4 is 0 Å². The second kappa shape index (κ2) is 10.7. The second-order valence-corrected chi connectivity index (χ2v) is 10.7. The van der Waals surface area contributed by atoms with Crippen molar-refractivity contribution in [3.63, 3.8) is 0 Å². The molecule has 0 aliphatic heterocycles. The quantitative estimate of drug-likeness (QED) is 0.213. The average molecular weight is 554 g/mol. The van der Waals surface area contributed by atoms with Gasteiger partial charge in [0.2, 0.25) is 0 Å². The van der Waals surface area contributed by atoms with Gasteiger partial charge in [0.15, 0.2) is 17.5 Å². The molecular weight excluding hydrogens is 526 g/mol. The number of allylic oxidation sites excluding steroid dienone is 1. The molecule has 0 radical (unpaired) electrons. The molecule has 0 spiro atoms. The number of benzene rings is 5. The highest BCUT2D eigenvalue weighted by Gasteiger charge is 2.29. The van der Waals surface area contributed by atoms with E-state index in [-0.39, 0.29) is 0 Å². The molecule has 0 unspecified atom stereocenters. The van der Waals surface area contributed by atoms with Crippen LogP contribution in [0.3, 0.4) is 0 Å². The zero-order chi connectivity index (χ0) is 28.6. The van der Waals surface area contributed by atoms with Gasteiger partial charge in [-0.2, -0.15) is 0 Å². The molecule has 2 heterocycles. The normalized spacial score (nSPS) is 12.8. The minimum absolute atomic E-state index is 0.642. The maximum atomic E-state index is 6.41. The van der Waals surface area contributed by atoms with Gasteiger partial charge < -0.3 is 4.42 Å². The smallest absolute Gasteiger partial charge is 0.165 e. The van der Waals surface area contributed by atoms with Crippen LogP contribution in [-0.4, -0.2) is 15.0 Å². The van der Waals surface area contributed by atoms with Gasteiger partial charge in [0.1, 0.15) is 11.3 Å². The van der Waals surface area contributed by atoms with E-state index >= 15 is 0 Å². The molecule has 2 aromatic heterocycles.